The normalized spacial score (nSPS) is 12.2. The molecule has 0 heterocycles. The quantitative estimate of drug-likeness (QED) is 0.0859. The van der Waals surface area contributed by atoms with Gasteiger partial charge in [0.15, 0.2) is 16.6 Å². The summed E-state index contributed by atoms with van der Waals surface area (Å²) in [5, 5.41) is 17.3. The molecule has 0 radical (unpaired) electrons. The summed E-state index contributed by atoms with van der Waals surface area (Å²) in [7, 11) is -3.13. The maximum absolute atomic E-state index is 10.5. The Balaban J connectivity index is 3.64. The molecule has 0 amide bonds. The van der Waals surface area contributed by atoms with Gasteiger partial charge in [-0.3, -0.25) is 9.59 Å². The minimum absolute atomic E-state index is 0.321. The molecule has 7 heteroatoms. The number of carboxylic acid groups (broad SMARTS) is 2. The van der Waals surface area contributed by atoms with E-state index in [9.17, 15) is 9.59 Å². The molecule has 0 aliphatic carbocycles. The first-order valence-corrected chi connectivity index (χ1v) is 20.9. The highest BCUT2D eigenvalue weighted by atomic mass is 28.4. The highest BCUT2D eigenvalue weighted by Crippen LogP contribution is 2.26. The first kappa shape index (κ1) is 34.3. The standard InChI is InChI=1S/C28H58O5Si2/c1-34(2,25-21-17-13-9-5-7-11-15-19-23-27(29)30)33-35(3,4)26-22-18-14-10-6-8-12-16-20-24-28(31)32/h5-26H2,1-4H3,(H,29,30)(H,31,32). The zero-order valence-corrected chi connectivity index (χ0v) is 25.7. The van der Waals surface area contributed by atoms with Crippen LogP contribution in [0.25, 0.3) is 0 Å². The molecular weight excluding hydrogens is 472 g/mol. The van der Waals surface area contributed by atoms with Crippen LogP contribution >= 0.6 is 0 Å². The van der Waals surface area contributed by atoms with E-state index >= 15 is 0 Å². The van der Waals surface area contributed by atoms with E-state index < -0.39 is 28.6 Å². The van der Waals surface area contributed by atoms with Crippen molar-refractivity contribution < 1.29 is 23.9 Å². The SMILES string of the molecule is C[Si](C)(CCCCCCCCCCCC(=O)O)O[Si](C)(C)CCCCCCCCCCCC(=O)O. The molecule has 0 aromatic rings. The van der Waals surface area contributed by atoms with E-state index in [2.05, 4.69) is 26.2 Å². The Bertz CT molecular complexity index is 491. The molecule has 0 saturated heterocycles. The zero-order chi connectivity index (χ0) is 26.4. The summed E-state index contributed by atoms with van der Waals surface area (Å²) in [6.07, 6.45) is 22.4. The summed E-state index contributed by atoms with van der Waals surface area (Å²) < 4.78 is 6.82. The number of unbranched alkanes of at least 4 members (excludes halogenated alkanes) is 16. The van der Waals surface area contributed by atoms with Crippen LogP contribution in [0.4, 0.5) is 0 Å². The summed E-state index contributed by atoms with van der Waals surface area (Å²) in [6.45, 7) is 9.65. The van der Waals surface area contributed by atoms with Gasteiger partial charge in [0.25, 0.3) is 0 Å². The molecule has 0 aliphatic rings. The van der Waals surface area contributed by atoms with Crippen LogP contribution < -0.4 is 0 Å². The number of rotatable bonds is 26. The van der Waals surface area contributed by atoms with Crippen LogP contribution in [-0.4, -0.2) is 38.8 Å². The van der Waals surface area contributed by atoms with Gasteiger partial charge in [0.05, 0.1) is 0 Å². The van der Waals surface area contributed by atoms with Crippen molar-refractivity contribution in [2.24, 2.45) is 0 Å². The average molecular weight is 531 g/mol. The molecule has 0 saturated carbocycles. The highest BCUT2D eigenvalue weighted by molar-refractivity contribution is 6.84. The maximum Gasteiger partial charge on any atom is 0.303 e. The van der Waals surface area contributed by atoms with E-state index in [-0.39, 0.29) is 0 Å². The predicted molar refractivity (Wildman–Crippen MR) is 153 cm³/mol. The largest absolute Gasteiger partial charge is 0.481 e. The van der Waals surface area contributed by atoms with Crippen molar-refractivity contribution in [3.8, 4) is 0 Å². The smallest absolute Gasteiger partial charge is 0.303 e. The van der Waals surface area contributed by atoms with Gasteiger partial charge in [0.1, 0.15) is 0 Å². The van der Waals surface area contributed by atoms with Gasteiger partial charge in [-0.1, -0.05) is 103 Å². The van der Waals surface area contributed by atoms with Crippen LogP contribution in [0.3, 0.4) is 0 Å². The van der Waals surface area contributed by atoms with E-state index in [4.69, 9.17) is 14.3 Å². The van der Waals surface area contributed by atoms with Crippen LogP contribution in [0.1, 0.15) is 128 Å². The average Bonchev–Trinajstić information content (AvgIpc) is 2.74. The Kier molecular flexibility index (Phi) is 21.0. The summed E-state index contributed by atoms with van der Waals surface area (Å²) >= 11 is 0. The molecule has 208 valence electrons. The fraction of sp³-hybridized carbons (Fsp3) is 0.929. The second-order valence-electron chi connectivity index (χ2n) is 11.8. The maximum atomic E-state index is 10.5. The third-order valence-electron chi connectivity index (χ3n) is 6.89. The number of hydrogen-bond acceptors (Lipinski definition) is 3. The predicted octanol–water partition coefficient (Wildman–Crippen LogP) is 9.38. The number of hydrogen-bond donors (Lipinski definition) is 2. The molecule has 0 aliphatic heterocycles. The van der Waals surface area contributed by atoms with Gasteiger partial charge in [-0.2, -0.15) is 0 Å². The molecule has 0 rings (SSSR count). The Hall–Kier alpha value is -0.666. The van der Waals surface area contributed by atoms with Gasteiger partial charge in [0, 0.05) is 12.8 Å². The van der Waals surface area contributed by atoms with Gasteiger partial charge >= 0.3 is 11.9 Å². The summed E-state index contributed by atoms with van der Waals surface area (Å²) in [5.74, 6) is -1.34. The van der Waals surface area contributed by atoms with Gasteiger partial charge in [-0.15, -0.1) is 0 Å². The van der Waals surface area contributed by atoms with Gasteiger partial charge in [0.2, 0.25) is 0 Å². The molecular formula is C28H58O5Si2. The lowest BCUT2D eigenvalue weighted by Crippen LogP contribution is -2.44. The monoisotopic (exact) mass is 530 g/mol. The Labute approximate surface area is 219 Å². The van der Waals surface area contributed by atoms with Crippen LogP contribution in [0, 0.1) is 0 Å². The zero-order valence-electron chi connectivity index (χ0n) is 23.7. The molecule has 0 unspecified atom stereocenters. The van der Waals surface area contributed by atoms with Crippen molar-refractivity contribution in [1.29, 1.82) is 0 Å². The van der Waals surface area contributed by atoms with E-state index in [0.717, 1.165) is 25.7 Å². The van der Waals surface area contributed by atoms with E-state index in [1.165, 1.54) is 102 Å². The first-order valence-electron chi connectivity index (χ1n) is 14.7. The van der Waals surface area contributed by atoms with Gasteiger partial charge in [-0.25, -0.2) is 0 Å². The minimum Gasteiger partial charge on any atom is -0.481 e. The van der Waals surface area contributed by atoms with Crippen molar-refractivity contribution in [3.05, 3.63) is 0 Å². The number of aliphatic carboxylic acids is 2. The lowest BCUT2D eigenvalue weighted by atomic mass is 10.1. The molecule has 0 aromatic heterocycles. The molecule has 0 atom stereocenters. The van der Waals surface area contributed by atoms with Crippen molar-refractivity contribution in [1.82, 2.24) is 0 Å². The summed E-state index contributed by atoms with van der Waals surface area (Å²) in [6, 6.07) is 2.57. The Morgan fingerprint density at radius 2 is 0.686 bits per heavy atom. The van der Waals surface area contributed by atoms with Crippen molar-refractivity contribution in [2.45, 2.75) is 167 Å². The van der Waals surface area contributed by atoms with Crippen LogP contribution in [-0.2, 0) is 13.7 Å². The lowest BCUT2D eigenvalue weighted by molar-refractivity contribution is -0.138. The van der Waals surface area contributed by atoms with Crippen molar-refractivity contribution >= 4 is 28.6 Å². The van der Waals surface area contributed by atoms with Gasteiger partial charge < -0.3 is 14.3 Å². The molecule has 0 aromatic carbocycles. The summed E-state index contributed by atoms with van der Waals surface area (Å²) in [4.78, 5) is 21.0. The second-order valence-corrected chi connectivity index (χ2v) is 20.6. The van der Waals surface area contributed by atoms with Crippen LogP contribution in [0.15, 0.2) is 0 Å². The molecule has 0 spiro atoms. The topological polar surface area (TPSA) is 83.8 Å². The highest BCUT2D eigenvalue weighted by Gasteiger charge is 2.32. The Morgan fingerprint density at radius 1 is 0.457 bits per heavy atom. The minimum atomic E-state index is -1.57. The third kappa shape index (κ3) is 26.2. The van der Waals surface area contributed by atoms with Crippen molar-refractivity contribution in [2.75, 3.05) is 0 Å². The van der Waals surface area contributed by atoms with E-state index in [0.29, 0.717) is 12.8 Å². The summed E-state index contributed by atoms with van der Waals surface area (Å²) in [5.41, 5.74) is 0. The molecule has 2 N–H and O–H groups in total. The molecule has 0 fully saturated rings. The molecule has 5 nitrogen and oxygen atoms in total. The van der Waals surface area contributed by atoms with Crippen LogP contribution in [0.5, 0.6) is 0 Å². The fourth-order valence-corrected chi connectivity index (χ4v) is 14.0. The van der Waals surface area contributed by atoms with E-state index in [1.807, 2.05) is 0 Å². The number of carboxylic acids is 2. The number of carbonyl (C=O) groups is 2. The van der Waals surface area contributed by atoms with Crippen molar-refractivity contribution in [3.63, 3.8) is 0 Å². The van der Waals surface area contributed by atoms with Gasteiger partial charge in [-0.05, 0) is 51.1 Å². The Morgan fingerprint density at radius 3 is 0.943 bits per heavy atom. The molecule has 35 heavy (non-hydrogen) atoms. The first-order chi connectivity index (χ1) is 16.5. The van der Waals surface area contributed by atoms with E-state index in [1.54, 1.807) is 0 Å². The van der Waals surface area contributed by atoms with Crippen LogP contribution in [0.2, 0.25) is 38.3 Å². The fourth-order valence-electron chi connectivity index (χ4n) is 4.98. The molecule has 0 bridgehead atoms. The second kappa shape index (κ2) is 21.4. The lowest BCUT2D eigenvalue weighted by Gasteiger charge is -2.34. The third-order valence-corrected chi connectivity index (χ3v) is 14.4.